The highest BCUT2D eigenvalue weighted by Crippen LogP contribution is 2.26. The third-order valence-corrected chi connectivity index (χ3v) is 2.13. The molecular formula is C9H10BrFO2. The van der Waals surface area contributed by atoms with Gasteiger partial charge in [-0.05, 0) is 35.0 Å². The van der Waals surface area contributed by atoms with Gasteiger partial charge in [0.05, 0.1) is 11.1 Å². The van der Waals surface area contributed by atoms with Gasteiger partial charge in [0.25, 0.3) is 0 Å². The molecule has 0 heterocycles. The Kier molecular flexibility index (Phi) is 3.69. The molecule has 4 heteroatoms. The van der Waals surface area contributed by atoms with Crippen molar-refractivity contribution in [2.45, 2.75) is 13.0 Å². The molecule has 0 aromatic heterocycles. The minimum Gasteiger partial charge on any atom is -0.487 e. The van der Waals surface area contributed by atoms with Crippen LogP contribution in [0.1, 0.15) is 6.92 Å². The fraction of sp³-hybridized carbons (Fsp3) is 0.333. The van der Waals surface area contributed by atoms with Crippen molar-refractivity contribution in [2.75, 3.05) is 6.61 Å². The van der Waals surface area contributed by atoms with Crippen LogP contribution in [0.2, 0.25) is 0 Å². The van der Waals surface area contributed by atoms with Crippen molar-refractivity contribution in [1.29, 1.82) is 0 Å². The van der Waals surface area contributed by atoms with Crippen LogP contribution in [0.4, 0.5) is 4.39 Å². The molecule has 0 saturated heterocycles. The molecule has 1 aromatic rings. The monoisotopic (exact) mass is 248 g/mol. The minimum absolute atomic E-state index is 0.0943. The third kappa shape index (κ3) is 2.97. The van der Waals surface area contributed by atoms with Crippen LogP contribution in [-0.2, 0) is 0 Å². The zero-order valence-corrected chi connectivity index (χ0v) is 8.71. The quantitative estimate of drug-likeness (QED) is 0.890. The van der Waals surface area contributed by atoms with E-state index in [0.717, 1.165) is 0 Å². The number of hydrogen-bond donors (Lipinski definition) is 1. The first-order valence-corrected chi connectivity index (χ1v) is 4.65. The predicted octanol–water partition coefficient (Wildman–Crippen LogP) is 2.35. The molecule has 0 bridgehead atoms. The zero-order valence-electron chi connectivity index (χ0n) is 7.13. The summed E-state index contributed by atoms with van der Waals surface area (Å²) in [6.45, 7) is 1.61. The van der Waals surface area contributed by atoms with Gasteiger partial charge in [0, 0.05) is 6.07 Å². The van der Waals surface area contributed by atoms with E-state index in [1.54, 1.807) is 13.0 Å². The first-order chi connectivity index (χ1) is 6.13. The van der Waals surface area contributed by atoms with Crippen LogP contribution in [0, 0.1) is 5.82 Å². The van der Waals surface area contributed by atoms with E-state index in [1.165, 1.54) is 12.1 Å². The van der Waals surface area contributed by atoms with Gasteiger partial charge in [0.15, 0.2) is 0 Å². The summed E-state index contributed by atoms with van der Waals surface area (Å²) in [6, 6.07) is 4.17. The van der Waals surface area contributed by atoms with E-state index in [1.807, 2.05) is 0 Å². The van der Waals surface area contributed by atoms with Crippen molar-refractivity contribution in [3.05, 3.63) is 28.5 Å². The fourth-order valence-electron chi connectivity index (χ4n) is 0.822. The molecule has 0 amide bonds. The number of aliphatic hydroxyl groups is 1. The van der Waals surface area contributed by atoms with Gasteiger partial charge in [-0.15, -0.1) is 0 Å². The smallest absolute Gasteiger partial charge is 0.136 e. The largest absolute Gasteiger partial charge is 0.487 e. The Labute approximate surface area is 84.5 Å². The summed E-state index contributed by atoms with van der Waals surface area (Å²) in [5, 5.41) is 8.72. The SMILES string of the molecule is CC(CO)Oc1cc(F)ccc1Br. The van der Waals surface area contributed by atoms with E-state index in [0.29, 0.717) is 10.2 Å². The van der Waals surface area contributed by atoms with Crippen LogP contribution in [-0.4, -0.2) is 17.8 Å². The maximum absolute atomic E-state index is 12.7. The Hall–Kier alpha value is -0.610. The number of halogens is 2. The summed E-state index contributed by atoms with van der Waals surface area (Å²) in [5.41, 5.74) is 0. The van der Waals surface area contributed by atoms with E-state index in [9.17, 15) is 4.39 Å². The van der Waals surface area contributed by atoms with Gasteiger partial charge in [-0.2, -0.15) is 0 Å². The molecule has 1 atom stereocenters. The van der Waals surface area contributed by atoms with Gasteiger partial charge in [0.2, 0.25) is 0 Å². The molecule has 0 aliphatic carbocycles. The normalized spacial score (nSPS) is 12.6. The van der Waals surface area contributed by atoms with E-state index in [2.05, 4.69) is 15.9 Å². The molecule has 1 unspecified atom stereocenters. The van der Waals surface area contributed by atoms with Gasteiger partial charge >= 0.3 is 0 Å². The summed E-state index contributed by atoms with van der Waals surface area (Å²) in [5.74, 6) is 0.0462. The average Bonchev–Trinajstić information content (AvgIpc) is 2.11. The van der Waals surface area contributed by atoms with Crippen molar-refractivity contribution in [3.8, 4) is 5.75 Å². The summed E-state index contributed by atoms with van der Waals surface area (Å²) >= 11 is 3.21. The van der Waals surface area contributed by atoms with Crippen molar-refractivity contribution < 1.29 is 14.2 Å². The molecule has 0 spiro atoms. The lowest BCUT2D eigenvalue weighted by Crippen LogP contribution is -2.16. The second kappa shape index (κ2) is 4.58. The predicted molar refractivity (Wildman–Crippen MR) is 51.3 cm³/mol. The van der Waals surface area contributed by atoms with Crippen LogP contribution in [0.3, 0.4) is 0 Å². The lowest BCUT2D eigenvalue weighted by atomic mass is 10.3. The molecular weight excluding hydrogens is 239 g/mol. The first kappa shape index (κ1) is 10.5. The molecule has 0 aliphatic heterocycles. The Bertz CT molecular complexity index is 291. The molecule has 1 aromatic carbocycles. The van der Waals surface area contributed by atoms with E-state index < -0.39 is 0 Å². The second-order valence-corrected chi connectivity index (χ2v) is 3.54. The number of ether oxygens (including phenoxy) is 1. The van der Waals surface area contributed by atoms with Crippen molar-refractivity contribution in [3.63, 3.8) is 0 Å². The van der Waals surface area contributed by atoms with E-state index in [4.69, 9.17) is 9.84 Å². The summed E-state index contributed by atoms with van der Waals surface area (Å²) in [6.07, 6.45) is -0.335. The van der Waals surface area contributed by atoms with Gasteiger partial charge < -0.3 is 9.84 Å². The van der Waals surface area contributed by atoms with Crippen LogP contribution in [0.15, 0.2) is 22.7 Å². The maximum Gasteiger partial charge on any atom is 0.136 e. The number of aliphatic hydroxyl groups excluding tert-OH is 1. The lowest BCUT2D eigenvalue weighted by molar-refractivity contribution is 0.128. The van der Waals surface area contributed by atoms with Crippen molar-refractivity contribution in [1.82, 2.24) is 0 Å². The molecule has 72 valence electrons. The Morgan fingerprint density at radius 3 is 2.92 bits per heavy atom. The topological polar surface area (TPSA) is 29.5 Å². The number of benzene rings is 1. The first-order valence-electron chi connectivity index (χ1n) is 3.86. The molecule has 2 nitrogen and oxygen atoms in total. The van der Waals surface area contributed by atoms with Gasteiger partial charge in [-0.3, -0.25) is 0 Å². The third-order valence-electron chi connectivity index (χ3n) is 1.48. The van der Waals surface area contributed by atoms with Crippen molar-refractivity contribution in [2.24, 2.45) is 0 Å². The second-order valence-electron chi connectivity index (χ2n) is 2.69. The van der Waals surface area contributed by atoms with Gasteiger partial charge in [-0.25, -0.2) is 4.39 Å². The molecule has 0 saturated carbocycles. The summed E-state index contributed by atoms with van der Waals surface area (Å²) in [4.78, 5) is 0. The molecule has 1 N–H and O–H groups in total. The Balaban J connectivity index is 2.81. The highest BCUT2D eigenvalue weighted by molar-refractivity contribution is 9.10. The highest BCUT2D eigenvalue weighted by atomic mass is 79.9. The molecule has 13 heavy (non-hydrogen) atoms. The number of rotatable bonds is 3. The standard InChI is InChI=1S/C9H10BrFO2/c1-6(5-12)13-9-4-7(11)2-3-8(9)10/h2-4,6,12H,5H2,1H3. The summed E-state index contributed by atoms with van der Waals surface area (Å²) in [7, 11) is 0. The fourth-order valence-corrected chi connectivity index (χ4v) is 1.16. The molecule has 0 radical (unpaired) electrons. The van der Waals surface area contributed by atoms with Crippen LogP contribution in [0.25, 0.3) is 0 Å². The molecule has 0 fully saturated rings. The maximum atomic E-state index is 12.7. The zero-order chi connectivity index (χ0) is 9.84. The molecule has 1 rings (SSSR count). The van der Waals surface area contributed by atoms with Crippen molar-refractivity contribution >= 4 is 15.9 Å². The van der Waals surface area contributed by atoms with Gasteiger partial charge in [0.1, 0.15) is 17.7 Å². The van der Waals surface area contributed by atoms with Crippen LogP contribution < -0.4 is 4.74 Å². The lowest BCUT2D eigenvalue weighted by Gasteiger charge is -2.12. The average molecular weight is 249 g/mol. The van der Waals surface area contributed by atoms with Crippen LogP contribution in [0.5, 0.6) is 5.75 Å². The van der Waals surface area contributed by atoms with E-state index >= 15 is 0 Å². The Morgan fingerprint density at radius 2 is 2.31 bits per heavy atom. The van der Waals surface area contributed by atoms with Crippen LogP contribution >= 0.6 is 15.9 Å². The number of hydrogen-bond acceptors (Lipinski definition) is 2. The Morgan fingerprint density at radius 1 is 1.62 bits per heavy atom. The van der Waals surface area contributed by atoms with Gasteiger partial charge in [-0.1, -0.05) is 0 Å². The minimum atomic E-state index is -0.358. The summed E-state index contributed by atoms with van der Waals surface area (Å²) < 4.78 is 18.7. The van der Waals surface area contributed by atoms with E-state index in [-0.39, 0.29) is 18.5 Å². The molecule has 0 aliphatic rings. The highest BCUT2D eigenvalue weighted by Gasteiger charge is 2.06.